The normalized spacial score (nSPS) is 12.2. The maximum absolute atomic E-state index is 9.54. The van der Waals surface area contributed by atoms with Gasteiger partial charge in [0.05, 0.1) is 6.10 Å². The predicted molar refractivity (Wildman–Crippen MR) is 73.4 cm³/mol. The predicted octanol–water partition coefficient (Wildman–Crippen LogP) is 3.06. The zero-order valence-corrected chi connectivity index (χ0v) is 10.7. The average Bonchev–Trinajstić information content (AvgIpc) is 2.37. The van der Waals surface area contributed by atoms with Crippen molar-refractivity contribution in [3.8, 4) is 0 Å². The molecule has 0 saturated carbocycles. The van der Waals surface area contributed by atoms with E-state index in [4.69, 9.17) is 0 Å². The highest BCUT2D eigenvalue weighted by atomic mass is 16.3. The number of pyridine rings is 1. The van der Waals surface area contributed by atoms with Crippen LogP contribution < -0.4 is 5.32 Å². The van der Waals surface area contributed by atoms with Gasteiger partial charge in [-0.1, -0.05) is 30.3 Å². The van der Waals surface area contributed by atoms with Gasteiger partial charge in [-0.15, -0.1) is 0 Å². The molecule has 0 fully saturated rings. The molecule has 2 rings (SSSR count). The largest absolute Gasteiger partial charge is 0.389 e. The number of nitrogens with one attached hydrogen (secondary N) is 1. The summed E-state index contributed by atoms with van der Waals surface area (Å²) in [7, 11) is 0. The highest BCUT2D eigenvalue weighted by Gasteiger charge is 2.06. The van der Waals surface area contributed by atoms with Crippen LogP contribution in [-0.2, 0) is 6.54 Å². The molecule has 1 atom stereocenters. The van der Waals surface area contributed by atoms with Gasteiger partial charge in [-0.05, 0) is 31.0 Å². The summed E-state index contributed by atoms with van der Waals surface area (Å²) >= 11 is 0. The molecule has 3 heteroatoms. The minimum absolute atomic E-state index is 0.472. The molecule has 0 aliphatic heterocycles. The second kappa shape index (κ2) is 5.65. The molecule has 0 amide bonds. The van der Waals surface area contributed by atoms with E-state index in [-0.39, 0.29) is 0 Å². The van der Waals surface area contributed by atoms with Gasteiger partial charge >= 0.3 is 0 Å². The number of aliphatic hydroxyl groups is 1. The fourth-order valence-corrected chi connectivity index (χ4v) is 1.89. The quantitative estimate of drug-likeness (QED) is 0.866. The van der Waals surface area contributed by atoms with Gasteiger partial charge in [0, 0.05) is 18.3 Å². The smallest absolute Gasteiger partial charge is 0.126 e. The Hall–Kier alpha value is -1.87. The van der Waals surface area contributed by atoms with Gasteiger partial charge in [-0.25, -0.2) is 4.98 Å². The standard InChI is InChI=1S/C15H18N2O/c1-11-8-15(17-10-14(11)12(2)18)16-9-13-6-4-3-5-7-13/h3-8,10,12,18H,9H2,1-2H3,(H,16,17)/t12-/m0/s1. The number of hydrogen-bond donors (Lipinski definition) is 2. The van der Waals surface area contributed by atoms with E-state index < -0.39 is 6.10 Å². The third-order valence-electron chi connectivity index (χ3n) is 2.92. The first-order valence-corrected chi connectivity index (χ1v) is 6.09. The molecule has 2 N–H and O–H groups in total. The summed E-state index contributed by atoms with van der Waals surface area (Å²) in [5.74, 6) is 0.834. The van der Waals surface area contributed by atoms with Crippen molar-refractivity contribution in [3.63, 3.8) is 0 Å². The molecule has 0 unspecified atom stereocenters. The summed E-state index contributed by atoms with van der Waals surface area (Å²) in [6.45, 7) is 4.49. The highest BCUT2D eigenvalue weighted by Crippen LogP contribution is 2.18. The van der Waals surface area contributed by atoms with E-state index >= 15 is 0 Å². The Bertz CT molecular complexity index is 509. The SMILES string of the molecule is Cc1cc(NCc2ccccc2)ncc1[C@H](C)O. The van der Waals surface area contributed by atoms with Crippen LogP contribution >= 0.6 is 0 Å². The molecule has 0 saturated heterocycles. The van der Waals surface area contributed by atoms with Crippen LogP contribution in [0.25, 0.3) is 0 Å². The lowest BCUT2D eigenvalue weighted by Gasteiger charge is -2.11. The maximum Gasteiger partial charge on any atom is 0.126 e. The van der Waals surface area contributed by atoms with Crippen molar-refractivity contribution in [2.24, 2.45) is 0 Å². The number of nitrogens with zero attached hydrogens (tertiary/aromatic N) is 1. The lowest BCUT2D eigenvalue weighted by Crippen LogP contribution is -2.03. The molecular formula is C15H18N2O. The minimum atomic E-state index is -0.472. The third-order valence-corrected chi connectivity index (χ3v) is 2.92. The maximum atomic E-state index is 9.54. The molecule has 2 aromatic rings. The van der Waals surface area contributed by atoms with Crippen molar-refractivity contribution >= 4 is 5.82 Å². The molecule has 0 bridgehead atoms. The topological polar surface area (TPSA) is 45.2 Å². The molecule has 18 heavy (non-hydrogen) atoms. The Balaban J connectivity index is 2.05. The van der Waals surface area contributed by atoms with Crippen LogP contribution in [0.4, 0.5) is 5.82 Å². The van der Waals surface area contributed by atoms with E-state index in [2.05, 4.69) is 22.4 Å². The fourth-order valence-electron chi connectivity index (χ4n) is 1.89. The van der Waals surface area contributed by atoms with Gasteiger partial charge in [-0.3, -0.25) is 0 Å². The van der Waals surface area contributed by atoms with Crippen LogP contribution in [0.1, 0.15) is 29.7 Å². The van der Waals surface area contributed by atoms with Crippen LogP contribution in [-0.4, -0.2) is 10.1 Å². The lowest BCUT2D eigenvalue weighted by molar-refractivity contribution is 0.198. The van der Waals surface area contributed by atoms with Crippen molar-refractivity contribution in [1.82, 2.24) is 4.98 Å². The monoisotopic (exact) mass is 242 g/mol. The van der Waals surface area contributed by atoms with Crippen LogP contribution in [0.3, 0.4) is 0 Å². The molecule has 94 valence electrons. The summed E-state index contributed by atoms with van der Waals surface area (Å²) in [6, 6.07) is 12.2. The number of aliphatic hydroxyl groups excluding tert-OH is 1. The molecule has 0 aliphatic rings. The number of aromatic nitrogens is 1. The molecule has 0 spiro atoms. The zero-order chi connectivity index (χ0) is 13.0. The second-order valence-electron chi connectivity index (χ2n) is 4.44. The molecule has 0 radical (unpaired) electrons. The average molecular weight is 242 g/mol. The van der Waals surface area contributed by atoms with E-state index in [1.54, 1.807) is 13.1 Å². The fraction of sp³-hybridized carbons (Fsp3) is 0.267. The summed E-state index contributed by atoms with van der Waals surface area (Å²) in [4.78, 5) is 4.30. The van der Waals surface area contributed by atoms with Crippen LogP contribution in [0.2, 0.25) is 0 Å². The van der Waals surface area contributed by atoms with E-state index in [0.29, 0.717) is 0 Å². The van der Waals surface area contributed by atoms with E-state index in [1.807, 2.05) is 31.2 Å². The summed E-state index contributed by atoms with van der Waals surface area (Å²) in [5.41, 5.74) is 3.15. The van der Waals surface area contributed by atoms with Gasteiger partial charge in [0.25, 0.3) is 0 Å². The molecule has 1 aromatic carbocycles. The van der Waals surface area contributed by atoms with E-state index in [0.717, 1.165) is 23.5 Å². The van der Waals surface area contributed by atoms with Crippen molar-refractivity contribution < 1.29 is 5.11 Å². The summed E-state index contributed by atoms with van der Waals surface area (Å²) in [5, 5.41) is 12.8. The highest BCUT2D eigenvalue weighted by molar-refractivity contribution is 5.41. The molecule has 3 nitrogen and oxygen atoms in total. The summed E-state index contributed by atoms with van der Waals surface area (Å²) < 4.78 is 0. The van der Waals surface area contributed by atoms with Gasteiger partial charge in [0.15, 0.2) is 0 Å². The number of benzene rings is 1. The number of aryl methyl sites for hydroxylation is 1. The zero-order valence-electron chi connectivity index (χ0n) is 10.7. The van der Waals surface area contributed by atoms with Gasteiger partial charge in [0.2, 0.25) is 0 Å². The van der Waals surface area contributed by atoms with E-state index in [1.165, 1.54) is 5.56 Å². The Morgan fingerprint density at radius 3 is 2.61 bits per heavy atom. The lowest BCUT2D eigenvalue weighted by atomic mass is 10.1. The summed E-state index contributed by atoms with van der Waals surface area (Å²) in [6.07, 6.45) is 1.26. The molecule has 1 aromatic heterocycles. The number of hydrogen-bond acceptors (Lipinski definition) is 3. The van der Waals surface area contributed by atoms with Gasteiger partial charge in [-0.2, -0.15) is 0 Å². The minimum Gasteiger partial charge on any atom is -0.389 e. The van der Waals surface area contributed by atoms with Crippen LogP contribution in [0.15, 0.2) is 42.6 Å². The Kier molecular flexibility index (Phi) is 3.95. The van der Waals surface area contributed by atoms with Crippen molar-refractivity contribution in [1.29, 1.82) is 0 Å². The number of rotatable bonds is 4. The molecule has 1 heterocycles. The first kappa shape index (κ1) is 12.6. The van der Waals surface area contributed by atoms with Crippen molar-refractivity contribution in [2.75, 3.05) is 5.32 Å². The van der Waals surface area contributed by atoms with Crippen molar-refractivity contribution in [3.05, 3.63) is 59.3 Å². The first-order valence-electron chi connectivity index (χ1n) is 6.09. The Morgan fingerprint density at radius 1 is 1.28 bits per heavy atom. The first-order chi connectivity index (χ1) is 8.66. The van der Waals surface area contributed by atoms with E-state index in [9.17, 15) is 5.11 Å². The van der Waals surface area contributed by atoms with Gasteiger partial charge in [0.1, 0.15) is 5.82 Å². The Labute approximate surface area is 108 Å². The molecular weight excluding hydrogens is 224 g/mol. The van der Waals surface area contributed by atoms with Crippen LogP contribution in [0, 0.1) is 6.92 Å². The Morgan fingerprint density at radius 2 is 2.00 bits per heavy atom. The number of anilines is 1. The second-order valence-corrected chi connectivity index (χ2v) is 4.44. The third kappa shape index (κ3) is 3.08. The van der Waals surface area contributed by atoms with Crippen LogP contribution in [0.5, 0.6) is 0 Å². The molecule has 0 aliphatic carbocycles. The van der Waals surface area contributed by atoms with Crippen molar-refractivity contribution in [2.45, 2.75) is 26.5 Å². The van der Waals surface area contributed by atoms with Gasteiger partial charge < -0.3 is 10.4 Å².